The molecule has 0 saturated heterocycles. The first-order valence-electron chi connectivity index (χ1n) is 4.64. The number of ether oxygens (including phenoxy) is 1. The van der Waals surface area contributed by atoms with Gasteiger partial charge in [-0.25, -0.2) is 0 Å². The Morgan fingerprint density at radius 3 is 2.06 bits per heavy atom. The number of methoxy groups -OCH3 is 1. The van der Waals surface area contributed by atoms with Gasteiger partial charge in [-0.15, -0.1) is 0 Å². The molecule has 0 aliphatic rings. The van der Waals surface area contributed by atoms with E-state index in [9.17, 15) is 0 Å². The molecule has 1 heterocycles. The Morgan fingerprint density at radius 2 is 1.67 bits per heavy atom. The third-order valence-electron chi connectivity index (χ3n) is 1.84. The fraction of sp³-hybridized carbons (Fsp3) is 0.100. The van der Waals surface area contributed by atoms with Crippen LogP contribution in [0.2, 0.25) is 0 Å². The van der Waals surface area contributed by atoms with Crippen LogP contribution >= 0.6 is 41.5 Å². The van der Waals surface area contributed by atoms with E-state index in [0.717, 1.165) is 9.57 Å². The SMILES string of the molecule is COc1ccc(-c2cc(=S)ss2)cc1.OP(O)O. The van der Waals surface area contributed by atoms with Crippen molar-refractivity contribution in [3.63, 3.8) is 0 Å². The lowest BCUT2D eigenvalue weighted by Crippen LogP contribution is -1.81. The molecule has 1 aromatic heterocycles. The monoisotopic (exact) mass is 322 g/mol. The van der Waals surface area contributed by atoms with E-state index >= 15 is 0 Å². The molecule has 0 bridgehead atoms. The summed E-state index contributed by atoms with van der Waals surface area (Å²) in [5.41, 5.74) is 1.20. The van der Waals surface area contributed by atoms with Crippen LogP contribution in [0.5, 0.6) is 5.75 Å². The van der Waals surface area contributed by atoms with Gasteiger partial charge in [0.2, 0.25) is 0 Å². The minimum atomic E-state index is -2.62. The highest BCUT2D eigenvalue weighted by molar-refractivity contribution is 7.80. The first kappa shape index (κ1) is 15.7. The molecule has 98 valence electrons. The van der Waals surface area contributed by atoms with Crippen molar-refractivity contribution < 1.29 is 19.4 Å². The molecule has 1 aromatic carbocycles. The molecular formula is C10H11O4PS3. The van der Waals surface area contributed by atoms with Crippen LogP contribution in [0, 0.1) is 3.82 Å². The zero-order chi connectivity index (χ0) is 13.5. The Morgan fingerprint density at radius 1 is 1.11 bits per heavy atom. The molecule has 0 saturated carbocycles. The fourth-order valence-electron chi connectivity index (χ4n) is 1.13. The van der Waals surface area contributed by atoms with Gasteiger partial charge >= 0.3 is 8.60 Å². The van der Waals surface area contributed by atoms with Crippen molar-refractivity contribution in [3.8, 4) is 16.2 Å². The van der Waals surface area contributed by atoms with Gasteiger partial charge in [-0.3, -0.25) is 0 Å². The van der Waals surface area contributed by atoms with Gasteiger partial charge < -0.3 is 19.4 Å². The van der Waals surface area contributed by atoms with E-state index in [0.29, 0.717) is 0 Å². The van der Waals surface area contributed by atoms with Crippen LogP contribution in [0.1, 0.15) is 0 Å². The van der Waals surface area contributed by atoms with Crippen molar-refractivity contribution in [2.75, 3.05) is 7.11 Å². The summed E-state index contributed by atoms with van der Waals surface area (Å²) in [5.74, 6) is 0.882. The Bertz CT molecular complexity index is 518. The predicted octanol–water partition coefficient (Wildman–Crippen LogP) is 3.40. The third kappa shape index (κ3) is 5.49. The van der Waals surface area contributed by atoms with E-state index in [2.05, 4.69) is 0 Å². The normalized spacial score (nSPS) is 9.83. The van der Waals surface area contributed by atoms with Crippen molar-refractivity contribution in [3.05, 3.63) is 34.2 Å². The van der Waals surface area contributed by atoms with E-state index < -0.39 is 8.60 Å². The maximum Gasteiger partial charge on any atom is 0.324 e. The highest BCUT2D eigenvalue weighted by atomic mass is 32.9. The highest BCUT2D eigenvalue weighted by Gasteiger charge is 2.00. The zero-order valence-electron chi connectivity index (χ0n) is 9.31. The van der Waals surface area contributed by atoms with Gasteiger partial charge in [0.1, 0.15) is 9.57 Å². The average Bonchev–Trinajstić information content (AvgIpc) is 2.75. The Balaban J connectivity index is 0.000000357. The molecule has 0 aliphatic carbocycles. The lowest BCUT2D eigenvalue weighted by molar-refractivity contribution is 0.368. The summed E-state index contributed by atoms with van der Waals surface area (Å²) in [4.78, 5) is 22.9. The molecule has 8 heteroatoms. The summed E-state index contributed by atoms with van der Waals surface area (Å²) in [6, 6.07) is 10.1. The lowest BCUT2D eigenvalue weighted by Gasteiger charge is -2.00. The number of rotatable bonds is 2. The van der Waals surface area contributed by atoms with Crippen LogP contribution in [-0.2, 0) is 0 Å². The first-order chi connectivity index (χ1) is 8.52. The minimum Gasteiger partial charge on any atom is -0.497 e. The van der Waals surface area contributed by atoms with Crippen molar-refractivity contribution in [2.24, 2.45) is 0 Å². The first-order valence-corrected chi connectivity index (χ1v) is 8.40. The molecule has 0 fully saturated rings. The van der Waals surface area contributed by atoms with Crippen LogP contribution in [0.3, 0.4) is 0 Å². The summed E-state index contributed by atoms with van der Waals surface area (Å²) in [6.07, 6.45) is 0. The van der Waals surface area contributed by atoms with Gasteiger partial charge in [-0.05, 0) is 35.9 Å². The van der Waals surface area contributed by atoms with Gasteiger partial charge in [-0.2, -0.15) is 0 Å². The molecule has 2 aromatic rings. The smallest absolute Gasteiger partial charge is 0.324 e. The molecular weight excluding hydrogens is 311 g/mol. The lowest BCUT2D eigenvalue weighted by atomic mass is 10.2. The van der Waals surface area contributed by atoms with Crippen LogP contribution in [-0.4, -0.2) is 21.8 Å². The van der Waals surface area contributed by atoms with Gasteiger partial charge in [-0.1, -0.05) is 32.9 Å². The summed E-state index contributed by atoms with van der Waals surface area (Å²) in [7, 11) is 2.40. The van der Waals surface area contributed by atoms with Crippen molar-refractivity contribution in [1.29, 1.82) is 0 Å². The molecule has 0 radical (unpaired) electrons. The maximum atomic E-state index is 7.23. The molecule has 3 N–H and O–H groups in total. The van der Waals surface area contributed by atoms with E-state index in [1.165, 1.54) is 10.4 Å². The number of benzene rings is 1. The maximum absolute atomic E-state index is 7.23. The molecule has 0 atom stereocenters. The van der Waals surface area contributed by atoms with E-state index in [1.807, 2.05) is 30.3 Å². The van der Waals surface area contributed by atoms with Crippen molar-refractivity contribution in [1.82, 2.24) is 0 Å². The third-order valence-corrected chi connectivity index (χ3v) is 4.75. The number of hydrogen-bond donors (Lipinski definition) is 3. The molecule has 0 aliphatic heterocycles. The Labute approximate surface area is 118 Å². The van der Waals surface area contributed by atoms with Gasteiger partial charge in [0.25, 0.3) is 0 Å². The minimum absolute atomic E-state index is 0.882. The second-order valence-electron chi connectivity index (χ2n) is 2.99. The highest BCUT2D eigenvalue weighted by Crippen LogP contribution is 2.30. The van der Waals surface area contributed by atoms with Gasteiger partial charge in [0.15, 0.2) is 0 Å². The van der Waals surface area contributed by atoms with E-state index in [1.54, 1.807) is 27.8 Å². The molecule has 4 nitrogen and oxygen atoms in total. The van der Waals surface area contributed by atoms with Crippen LogP contribution < -0.4 is 4.74 Å². The van der Waals surface area contributed by atoms with Gasteiger partial charge in [0, 0.05) is 4.88 Å². The van der Waals surface area contributed by atoms with Crippen LogP contribution in [0.15, 0.2) is 30.3 Å². The Hall–Kier alpha value is -0.400. The zero-order valence-corrected chi connectivity index (χ0v) is 12.7. The summed E-state index contributed by atoms with van der Waals surface area (Å²) >= 11 is 5.09. The van der Waals surface area contributed by atoms with E-state index in [4.69, 9.17) is 31.6 Å². The second kappa shape index (κ2) is 7.91. The molecule has 0 amide bonds. The van der Waals surface area contributed by atoms with Crippen molar-refractivity contribution >= 4 is 41.5 Å². The predicted molar refractivity (Wildman–Crippen MR) is 78.6 cm³/mol. The molecule has 2 rings (SSSR count). The standard InChI is InChI=1S/C10H8OS3.H3O3P/c1-11-8-4-2-7(3-5-8)9-6-10(12)14-13-9;1-4(2)3/h2-6H,1H3;1-3H. The van der Waals surface area contributed by atoms with E-state index in [-0.39, 0.29) is 0 Å². The van der Waals surface area contributed by atoms with Gasteiger partial charge in [0.05, 0.1) is 7.11 Å². The van der Waals surface area contributed by atoms with Crippen molar-refractivity contribution in [2.45, 2.75) is 0 Å². The van der Waals surface area contributed by atoms with Crippen LogP contribution in [0.4, 0.5) is 0 Å². The summed E-state index contributed by atoms with van der Waals surface area (Å²) in [6.45, 7) is 0. The van der Waals surface area contributed by atoms with Crippen LogP contribution in [0.25, 0.3) is 10.4 Å². The number of hydrogen-bond acceptors (Lipinski definition) is 7. The quantitative estimate of drug-likeness (QED) is 0.449. The Kier molecular flexibility index (Phi) is 6.88. The topological polar surface area (TPSA) is 69.9 Å². The summed E-state index contributed by atoms with van der Waals surface area (Å²) in [5, 5.41) is 0. The molecule has 0 spiro atoms. The average molecular weight is 322 g/mol. The molecule has 0 unspecified atom stereocenters. The largest absolute Gasteiger partial charge is 0.497 e. The second-order valence-corrected chi connectivity index (χ2v) is 6.44. The molecule has 18 heavy (non-hydrogen) atoms. The summed E-state index contributed by atoms with van der Waals surface area (Å²) < 4.78 is 6.04. The fourth-order valence-corrected chi connectivity index (χ4v) is 3.53.